The third kappa shape index (κ3) is 2.68. The van der Waals surface area contributed by atoms with E-state index in [1.807, 2.05) is 6.07 Å². The van der Waals surface area contributed by atoms with Crippen molar-refractivity contribution < 1.29 is 4.52 Å². The zero-order valence-corrected chi connectivity index (χ0v) is 8.59. The van der Waals surface area contributed by atoms with Gasteiger partial charge in [0.05, 0.1) is 5.69 Å². The van der Waals surface area contributed by atoms with Crippen molar-refractivity contribution in [3.8, 4) is 0 Å². The number of rotatable bonds is 5. The largest absolute Gasteiger partial charge is 0.364 e. The molecule has 0 aliphatic rings. The zero-order valence-electron chi connectivity index (χ0n) is 7.77. The van der Waals surface area contributed by atoms with Gasteiger partial charge in [-0.25, -0.2) is 0 Å². The molecule has 0 bridgehead atoms. The number of aromatic nitrogens is 1. The third-order valence-corrected chi connectivity index (χ3v) is 2.70. The fourth-order valence-electron chi connectivity index (χ4n) is 1.21. The Morgan fingerprint density at radius 1 is 1.43 bits per heavy atom. The third-order valence-electron chi connectivity index (χ3n) is 1.97. The molecule has 4 heteroatoms. The molecule has 0 spiro atoms. The Balaban J connectivity index is 1.65. The quantitative estimate of drug-likeness (QED) is 0.764. The Hall–Kier alpha value is -1.13. The highest BCUT2D eigenvalue weighted by Gasteiger charge is 1.96. The molecule has 0 radical (unpaired) electrons. The van der Waals surface area contributed by atoms with Crippen molar-refractivity contribution in [1.82, 2.24) is 10.5 Å². The average molecular weight is 208 g/mol. The molecular formula is C10H12N2OS. The molecule has 0 aromatic carbocycles. The van der Waals surface area contributed by atoms with E-state index in [0.29, 0.717) is 0 Å². The molecule has 14 heavy (non-hydrogen) atoms. The number of nitrogens with zero attached hydrogens (tertiary/aromatic N) is 1. The molecule has 3 nitrogen and oxygen atoms in total. The summed E-state index contributed by atoms with van der Waals surface area (Å²) < 4.78 is 4.73. The van der Waals surface area contributed by atoms with E-state index in [4.69, 9.17) is 4.52 Å². The molecule has 0 aliphatic heterocycles. The summed E-state index contributed by atoms with van der Waals surface area (Å²) in [4.78, 5) is 0. The van der Waals surface area contributed by atoms with Crippen LogP contribution in [0.3, 0.4) is 0 Å². The molecule has 0 saturated heterocycles. The Labute approximate surface area is 86.7 Å². The lowest BCUT2D eigenvalue weighted by molar-refractivity contribution is 0.408. The molecule has 1 N–H and O–H groups in total. The predicted octanol–water partition coefficient (Wildman–Crippen LogP) is 2.07. The van der Waals surface area contributed by atoms with E-state index < -0.39 is 0 Å². The first-order valence-corrected chi connectivity index (χ1v) is 5.50. The van der Waals surface area contributed by atoms with Gasteiger partial charge in [0.2, 0.25) is 0 Å². The fraction of sp³-hybridized carbons (Fsp3) is 0.300. The molecule has 0 atom stereocenters. The van der Waals surface area contributed by atoms with Crippen molar-refractivity contribution in [2.45, 2.75) is 13.0 Å². The molecule has 0 unspecified atom stereocenters. The maximum atomic E-state index is 4.73. The Morgan fingerprint density at radius 2 is 2.43 bits per heavy atom. The molecule has 2 rings (SSSR count). The first kappa shape index (κ1) is 9.43. The monoisotopic (exact) mass is 208 g/mol. The van der Waals surface area contributed by atoms with E-state index in [1.165, 1.54) is 5.56 Å². The van der Waals surface area contributed by atoms with Crippen LogP contribution >= 0.6 is 11.3 Å². The minimum Gasteiger partial charge on any atom is -0.364 e. The summed E-state index contributed by atoms with van der Waals surface area (Å²) in [6.45, 7) is 1.75. The second-order valence-corrected chi connectivity index (χ2v) is 3.83. The van der Waals surface area contributed by atoms with E-state index in [0.717, 1.165) is 25.2 Å². The van der Waals surface area contributed by atoms with E-state index in [9.17, 15) is 0 Å². The minimum atomic E-state index is 0.778. The maximum Gasteiger partial charge on any atom is 0.124 e. The van der Waals surface area contributed by atoms with Crippen LogP contribution in [0.2, 0.25) is 0 Å². The number of thiophene rings is 1. The molecule has 0 saturated carbocycles. The lowest BCUT2D eigenvalue weighted by Gasteiger charge is -1.99. The van der Waals surface area contributed by atoms with Crippen molar-refractivity contribution in [3.05, 3.63) is 40.4 Å². The average Bonchev–Trinajstić information content (AvgIpc) is 2.86. The molecule has 2 heterocycles. The number of nitrogens with one attached hydrogen (secondary N) is 1. The molecule has 0 aliphatic carbocycles. The first-order valence-electron chi connectivity index (χ1n) is 4.56. The van der Waals surface area contributed by atoms with Gasteiger partial charge in [0.15, 0.2) is 0 Å². The van der Waals surface area contributed by atoms with Gasteiger partial charge in [0, 0.05) is 12.6 Å². The Bertz CT molecular complexity index is 306. The summed E-state index contributed by atoms with van der Waals surface area (Å²) in [6.07, 6.45) is 2.66. The van der Waals surface area contributed by atoms with Crippen molar-refractivity contribution in [2.75, 3.05) is 6.54 Å². The van der Waals surface area contributed by atoms with Crippen LogP contribution in [-0.2, 0) is 13.0 Å². The summed E-state index contributed by atoms with van der Waals surface area (Å²) in [5.74, 6) is 0. The van der Waals surface area contributed by atoms with Gasteiger partial charge in [-0.3, -0.25) is 0 Å². The summed E-state index contributed by atoms with van der Waals surface area (Å²) in [7, 11) is 0. The molecule has 0 fully saturated rings. The van der Waals surface area contributed by atoms with Gasteiger partial charge in [-0.15, -0.1) is 0 Å². The van der Waals surface area contributed by atoms with Crippen molar-refractivity contribution in [2.24, 2.45) is 0 Å². The van der Waals surface area contributed by atoms with Crippen LogP contribution in [0.15, 0.2) is 33.7 Å². The normalized spacial score (nSPS) is 10.6. The summed E-state index contributed by atoms with van der Waals surface area (Å²) in [6, 6.07) is 4.03. The van der Waals surface area contributed by atoms with Gasteiger partial charge in [-0.2, -0.15) is 11.3 Å². The van der Waals surface area contributed by atoms with Crippen molar-refractivity contribution >= 4 is 11.3 Å². The van der Waals surface area contributed by atoms with E-state index in [-0.39, 0.29) is 0 Å². The SMILES string of the molecule is c1cc(CNCCc2ccsc2)no1. The Morgan fingerprint density at radius 3 is 3.14 bits per heavy atom. The number of hydrogen-bond acceptors (Lipinski definition) is 4. The highest BCUT2D eigenvalue weighted by molar-refractivity contribution is 7.07. The summed E-state index contributed by atoms with van der Waals surface area (Å²) in [5, 5.41) is 11.4. The summed E-state index contributed by atoms with van der Waals surface area (Å²) >= 11 is 1.74. The van der Waals surface area contributed by atoms with Crippen molar-refractivity contribution in [1.29, 1.82) is 0 Å². The smallest absolute Gasteiger partial charge is 0.124 e. The standard InChI is InChI=1S/C10H12N2OS/c1(9-3-6-14-8-9)4-11-7-10-2-5-13-12-10/h2-3,5-6,8,11H,1,4,7H2. The van der Waals surface area contributed by atoms with Gasteiger partial charge in [-0.1, -0.05) is 5.16 Å². The van der Waals surface area contributed by atoms with E-state index in [2.05, 4.69) is 27.3 Å². The predicted molar refractivity (Wildman–Crippen MR) is 56.2 cm³/mol. The van der Waals surface area contributed by atoms with Gasteiger partial charge in [0.25, 0.3) is 0 Å². The summed E-state index contributed by atoms with van der Waals surface area (Å²) in [5.41, 5.74) is 2.35. The minimum absolute atomic E-state index is 0.778. The van der Waals surface area contributed by atoms with Crippen LogP contribution in [0, 0.1) is 0 Å². The van der Waals surface area contributed by atoms with E-state index in [1.54, 1.807) is 17.6 Å². The zero-order chi connectivity index (χ0) is 9.64. The van der Waals surface area contributed by atoms with Crippen LogP contribution < -0.4 is 5.32 Å². The van der Waals surface area contributed by atoms with Crippen LogP contribution in [0.25, 0.3) is 0 Å². The van der Waals surface area contributed by atoms with Crippen molar-refractivity contribution in [3.63, 3.8) is 0 Å². The lowest BCUT2D eigenvalue weighted by Crippen LogP contribution is -2.16. The van der Waals surface area contributed by atoms with Crippen LogP contribution in [0.5, 0.6) is 0 Å². The molecule has 74 valence electrons. The van der Waals surface area contributed by atoms with Gasteiger partial charge >= 0.3 is 0 Å². The van der Waals surface area contributed by atoms with Gasteiger partial charge in [0.1, 0.15) is 6.26 Å². The van der Waals surface area contributed by atoms with Gasteiger partial charge < -0.3 is 9.84 Å². The van der Waals surface area contributed by atoms with Crippen LogP contribution in [0.1, 0.15) is 11.3 Å². The Kier molecular flexibility index (Phi) is 3.32. The number of hydrogen-bond donors (Lipinski definition) is 1. The van der Waals surface area contributed by atoms with E-state index >= 15 is 0 Å². The molecule has 2 aromatic rings. The molecule has 0 amide bonds. The first-order chi connectivity index (χ1) is 6.95. The van der Waals surface area contributed by atoms with Crippen LogP contribution in [-0.4, -0.2) is 11.7 Å². The second kappa shape index (κ2) is 4.93. The topological polar surface area (TPSA) is 38.1 Å². The highest BCUT2D eigenvalue weighted by atomic mass is 32.1. The maximum absolute atomic E-state index is 4.73. The second-order valence-electron chi connectivity index (χ2n) is 3.05. The fourth-order valence-corrected chi connectivity index (χ4v) is 1.92. The molecule has 2 aromatic heterocycles. The highest BCUT2D eigenvalue weighted by Crippen LogP contribution is 2.05. The van der Waals surface area contributed by atoms with Gasteiger partial charge in [-0.05, 0) is 35.4 Å². The van der Waals surface area contributed by atoms with Crippen LogP contribution in [0.4, 0.5) is 0 Å². The molecular weight excluding hydrogens is 196 g/mol. The lowest BCUT2D eigenvalue weighted by atomic mass is 10.2.